The molecule has 33 heavy (non-hydrogen) atoms. The summed E-state index contributed by atoms with van der Waals surface area (Å²) in [6.45, 7) is 1.08. The Labute approximate surface area is 197 Å². The predicted molar refractivity (Wildman–Crippen MR) is 131 cm³/mol. The number of hydrogen-bond donors (Lipinski definition) is 4. The summed E-state index contributed by atoms with van der Waals surface area (Å²) in [5.41, 5.74) is 2.28. The van der Waals surface area contributed by atoms with E-state index in [1.165, 1.54) is 17.5 Å². The van der Waals surface area contributed by atoms with Crippen molar-refractivity contribution in [1.29, 1.82) is 0 Å². The molecule has 7 nitrogen and oxygen atoms in total. The molecule has 1 atom stereocenters. The van der Waals surface area contributed by atoms with Gasteiger partial charge in [-0.1, -0.05) is 24.3 Å². The van der Waals surface area contributed by atoms with Crippen molar-refractivity contribution in [2.75, 3.05) is 30.7 Å². The van der Waals surface area contributed by atoms with Crippen LogP contribution in [0, 0.1) is 5.82 Å². The Kier molecular flexibility index (Phi) is 7.80. The summed E-state index contributed by atoms with van der Waals surface area (Å²) >= 11 is 0. The molecule has 0 aliphatic carbocycles. The minimum absolute atomic E-state index is 0. The van der Waals surface area contributed by atoms with Gasteiger partial charge in [-0.2, -0.15) is 0 Å². The van der Waals surface area contributed by atoms with Crippen molar-refractivity contribution in [2.24, 2.45) is 0 Å². The Bertz CT molecular complexity index is 1360. The predicted octanol–water partition coefficient (Wildman–Crippen LogP) is 3.96. The molecule has 0 aliphatic rings. The van der Waals surface area contributed by atoms with Crippen LogP contribution in [0.4, 0.5) is 10.1 Å². The Morgan fingerprint density at radius 2 is 1.82 bits per heavy atom. The molecule has 0 bridgehead atoms. The molecule has 4 aromatic rings. The lowest BCUT2D eigenvalue weighted by Crippen LogP contribution is -2.26. The van der Waals surface area contributed by atoms with Crippen LogP contribution in [0.1, 0.15) is 11.7 Å². The number of fused-ring (bicyclic) bond motifs is 3. The number of hydrogen-bond acceptors (Lipinski definition) is 5. The fourth-order valence-electron chi connectivity index (χ4n) is 3.55. The van der Waals surface area contributed by atoms with Crippen LogP contribution >= 0.6 is 12.4 Å². The second-order valence-corrected chi connectivity index (χ2v) is 9.31. The zero-order valence-corrected chi connectivity index (χ0v) is 19.5. The largest absolute Gasteiger partial charge is 0.492 e. The van der Waals surface area contributed by atoms with E-state index in [2.05, 4.69) is 21.1 Å². The average Bonchev–Trinajstić information content (AvgIpc) is 3.11. The van der Waals surface area contributed by atoms with Gasteiger partial charge in [-0.3, -0.25) is 4.72 Å². The summed E-state index contributed by atoms with van der Waals surface area (Å²) in [6, 6.07) is 17.8. The van der Waals surface area contributed by atoms with E-state index in [4.69, 9.17) is 4.74 Å². The fraction of sp³-hybridized carbons (Fsp3) is 0.217. The van der Waals surface area contributed by atoms with E-state index < -0.39 is 21.9 Å². The molecule has 0 amide bonds. The van der Waals surface area contributed by atoms with E-state index in [0.717, 1.165) is 34.5 Å². The summed E-state index contributed by atoms with van der Waals surface area (Å²) in [5, 5.41) is 15.7. The zero-order chi connectivity index (χ0) is 22.7. The molecule has 1 heterocycles. The summed E-state index contributed by atoms with van der Waals surface area (Å²) in [4.78, 5) is 3.38. The monoisotopic (exact) mass is 493 g/mol. The van der Waals surface area contributed by atoms with E-state index >= 15 is 0 Å². The van der Waals surface area contributed by atoms with Gasteiger partial charge in [0, 0.05) is 35.4 Å². The van der Waals surface area contributed by atoms with Gasteiger partial charge in [-0.25, -0.2) is 12.8 Å². The van der Waals surface area contributed by atoms with Crippen molar-refractivity contribution in [1.82, 2.24) is 10.3 Å². The molecule has 10 heteroatoms. The number of aliphatic hydroxyl groups is 1. The SMILES string of the molecule is CS(=O)(=O)Nc1cc(C(O)CNCCOc2ccc3c(c2)[nH]c2ccccc23)ccc1F.Cl. The van der Waals surface area contributed by atoms with Crippen molar-refractivity contribution in [3.63, 3.8) is 0 Å². The normalized spacial score (nSPS) is 12.5. The van der Waals surface area contributed by atoms with E-state index in [-0.39, 0.29) is 24.6 Å². The first-order chi connectivity index (χ1) is 15.3. The van der Waals surface area contributed by atoms with Crippen LogP contribution in [-0.2, 0) is 10.0 Å². The molecule has 0 fully saturated rings. The number of H-pyrrole nitrogens is 1. The highest BCUT2D eigenvalue weighted by Crippen LogP contribution is 2.28. The number of nitrogens with one attached hydrogen (secondary N) is 3. The molecule has 0 aliphatic heterocycles. The van der Waals surface area contributed by atoms with E-state index in [0.29, 0.717) is 18.7 Å². The molecule has 1 aromatic heterocycles. The van der Waals surface area contributed by atoms with Crippen molar-refractivity contribution < 1.29 is 22.7 Å². The summed E-state index contributed by atoms with van der Waals surface area (Å²) in [7, 11) is -3.62. The van der Waals surface area contributed by atoms with Gasteiger partial charge in [0.15, 0.2) is 0 Å². The number of aromatic amines is 1. The van der Waals surface area contributed by atoms with Crippen LogP contribution in [0.2, 0.25) is 0 Å². The van der Waals surface area contributed by atoms with Gasteiger partial charge >= 0.3 is 0 Å². The maximum atomic E-state index is 13.8. The first kappa shape index (κ1) is 24.8. The number of sulfonamides is 1. The van der Waals surface area contributed by atoms with Gasteiger partial charge in [-0.05, 0) is 35.9 Å². The molecule has 4 N–H and O–H groups in total. The molecule has 0 saturated heterocycles. The number of rotatable bonds is 9. The number of ether oxygens (including phenoxy) is 1. The highest BCUT2D eigenvalue weighted by molar-refractivity contribution is 7.92. The number of aliphatic hydroxyl groups excluding tert-OH is 1. The standard InChI is InChI=1S/C23H24FN3O4S.ClH/c1-32(29,30)27-22-12-15(6-9-19(22)24)23(28)14-25-10-11-31-16-7-8-18-17-4-2-3-5-20(17)26-21(18)13-16;/h2-9,12-13,23,25-28H,10-11,14H2,1H3;1H. The number of halogens is 2. The van der Waals surface area contributed by atoms with Crippen LogP contribution in [0.25, 0.3) is 21.8 Å². The van der Waals surface area contributed by atoms with Gasteiger partial charge in [0.05, 0.1) is 23.6 Å². The lowest BCUT2D eigenvalue weighted by molar-refractivity contribution is 0.172. The van der Waals surface area contributed by atoms with E-state index in [9.17, 15) is 17.9 Å². The van der Waals surface area contributed by atoms with E-state index in [1.807, 2.05) is 36.4 Å². The molecule has 4 rings (SSSR count). The molecule has 0 saturated carbocycles. The first-order valence-corrected chi connectivity index (χ1v) is 12.0. The quantitative estimate of drug-likeness (QED) is 0.264. The molecule has 3 aromatic carbocycles. The molecular formula is C23H25ClFN3O4S. The maximum Gasteiger partial charge on any atom is 0.229 e. The molecule has 0 radical (unpaired) electrons. The van der Waals surface area contributed by atoms with Gasteiger partial charge < -0.3 is 20.1 Å². The molecular weight excluding hydrogens is 469 g/mol. The van der Waals surface area contributed by atoms with Crippen LogP contribution < -0.4 is 14.8 Å². The molecule has 0 spiro atoms. The second-order valence-electron chi connectivity index (χ2n) is 7.56. The number of para-hydroxylation sites is 1. The maximum absolute atomic E-state index is 13.8. The van der Waals surface area contributed by atoms with Crippen molar-refractivity contribution in [3.8, 4) is 5.75 Å². The summed E-state index contributed by atoms with van der Waals surface area (Å²) < 4.78 is 44.4. The highest BCUT2D eigenvalue weighted by Gasteiger charge is 2.13. The number of anilines is 1. The highest BCUT2D eigenvalue weighted by atomic mass is 35.5. The van der Waals surface area contributed by atoms with Gasteiger partial charge in [0.1, 0.15) is 18.2 Å². The van der Waals surface area contributed by atoms with Gasteiger partial charge in [0.2, 0.25) is 10.0 Å². The second kappa shape index (κ2) is 10.4. The number of benzene rings is 3. The van der Waals surface area contributed by atoms with Crippen LogP contribution in [0.3, 0.4) is 0 Å². The Hall–Kier alpha value is -2.85. The van der Waals surface area contributed by atoms with Crippen molar-refractivity contribution in [3.05, 3.63) is 72.0 Å². The smallest absolute Gasteiger partial charge is 0.229 e. The van der Waals surface area contributed by atoms with Crippen molar-refractivity contribution in [2.45, 2.75) is 6.10 Å². The van der Waals surface area contributed by atoms with Crippen molar-refractivity contribution >= 4 is 49.9 Å². The fourth-order valence-corrected chi connectivity index (χ4v) is 4.11. The number of aromatic nitrogens is 1. The van der Waals surface area contributed by atoms with Gasteiger partial charge in [-0.15, -0.1) is 12.4 Å². The summed E-state index contributed by atoms with van der Waals surface area (Å²) in [5.74, 6) is 0.0288. The third-order valence-electron chi connectivity index (χ3n) is 5.03. The third-order valence-corrected chi connectivity index (χ3v) is 5.62. The minimum Gasteiger partial charge on any atom is -0.492 e. The minimum atomic E-state index is -3.62. The third kappa shape index (κ3) is 6.14. The topological polar surface area (TPSA) is 103 Å². The zero-order valence-electron chi connectivity index (χ0n) is 17.8. The van der Waals surface area contributed by atoms with Crippen LogP contribution in [0.5, 0.6) is 5.75 Å². The summed E-state index contributed by atoms with van der Waals surface area (Å²) in [6.07, 6.45) is 0.00547. The Balaban J connectivity index is 0.00000306. The lowest BCUT2D eigenvalue weighted by atomic mass is 10.1. The molecule has 176 valence electrons. The first-order valence-electron chi connectivity index (χ1n) is 10.1. The molecule has 1 unspecified atom stereocenters. The average molecular weight is 494 g/mol. The van der Waals surface area contributed by atoms with E-state index in [1.54, 1.807) is 0 Å². The lowest BCUT2D eigenvalue weighted by Gasteiger charge is -2.14. The van der Waals surface area contributed by atoms with Crippen LogP contribution in [0.15, 0.2) is 60.7 Å². The Morgan fingerprint density at radius 3 is 2.61 bits per heavy atom. The van der Waals surface area contributed by atoms with Gasteiger partial charge in [0.25, 0.3) is 0 Å². The Morgan fingerprint density at radius 1 is 1.06 bits per heavy atom. The van der Waals surface area contributed by atoms with Crippen LogP contribution in [-0.4, -0.2) is 44.5 Å².